The molecule has 4 rings (SSSR count). The summed E-state index contributed by atoms with van der Waals surface area (Å²) in [5.41, 5.74) is 2.71. The zero-order chi connectivity index (χ0) is 22.9. The number of tetrazole rings is 1. The van der Waals surface area contributed by atoms with Crippen LogP contribution in [0.3, 0.4) is 0 Å². The highest BCUT2D eigenvalue weighted by Crippen LogP contribution is 2.30. The number of halogens is 1. The molecule has 0 saturated carbocycles. The minimum absolute atomic E-state index is 0.0785. The average Bonchev–Trinajstić information content (AvgIpc) is 3.38. The molecule has 0 saturated heterocycles. The number of nitrogens with zero attached hydrogens (tertiary/aromatic N) is 3. The number of benzene rings is 2. The van der Waals surface area contributed by atoms with Gasteiger partial charge in [0.2, 0.25) is 11.7 Å². The van der Waals surface area contributed by atoms with Gasteiger partial charge in [-0.1, -0.05) is 48.8 Å². The van der Waals surface area contributed by atoms with E-state index in [1.54, 1.807) is 18.2 Å². The molecule has 2 aromatic heterocycles. The van der Waals surface area contributed by atoms with E-state index in [4.69, 9.17) is 0 Å². The molecule has 0 unspecified atom stereocenters. The van der Waals surface area contributed by atoms with Crippen molar-refractivity contribution in [2.75, 3.05) is 10.6 Å². The number of amides is 2. The topological polar surface area (TPSA) is 128 Å². The number of rotatable bonds is 5. The number of carbonyl (C=O) groups excluding carboxylic acids is 2. The van der Waals surface area contributed by atoms with Crippen LogP contribution in [0.25, 0.3) is 22.3 Å². The number of anilines is 2. The molecular weight excluding hydrogens is 474 g/mol. The summed E-state index contributed by atoms with van der Waals surface area (Å²) in [6, 6.07) is 12.7. The van der Waals surface area contributed by atoms with E-state index in [2.05, 4.69) is 52.2 Å². The Kier molecular flexibility index (Phi) is 5.79. The van der Waals surface area contributed by atoms with E-state index in [9.17, 15) is 9.59 Å². The van der Waals surface area contributed by atoms with Crippen molar-refractivity contribution in [1.82, 2.24) is 25.6 Å². The lowest BCUT2D eigenvalue weighted by Gasteiger charge is -2.17. The Morgan fingerprint density at radius 2 is 1.88 bits per heavy atom. The molecule has 4 aromatic rings. The van der Waals surface area contributed by atoms with Crippen LogP contribution in [0.2, 0.25) is 0 Å². The lowest BCUT2D eigenvalue weighted by atomic mass is 9.92. The first-order valence-corrected chi connectivity index (χ1v) is 10.8. The van der Waals surface area contributed by atoms with Gasteiger partial charge in [0, 0.05) is 21.8 Å². The first kappa shape index (κ1) is 21.7. The highest BCUT2D eigenvalue weighted by molar-refractivity contribution is 9.10. The molecule has 0 bridgehead atoms. The number of aromatic amines is 2. The third-order valence-corrected chi connectivity index (χ3v) is 5.18. The number of nitrogens with one attached hydrogen (secondary N) is 4. The number of carbonyl (C=O) groups is 2. The lowest BCUT2D eigenvalue weighted by Crippen LogP contribution is -2.19. The molecule has 0 radical (unpaired) electrons. The standard InChI is InChI=1S/C22H22BrN7O2/c1-22(2,3)11-18(31)24-16-6-4-5-12-9-17(25-19(12)16)21(32)26-15-8-7-13(23)10-14(15)20-27-29-30-28-20/h4-10,25H,11H2,1-3H3,(H,24,31)(H,26,32)(H,27,28,29,30). The molecule has 164 valence electrons. The maximum Gasteiger partial charge on any atom is 0.272 e. The van der Waals surface area contributed by atoms with Crippen LogP contribution in [0.4, 0.5) is 11.4 Å². The third-order valence-electron chi connectivity index (χ3n) is 4.68. The van der Waals surface area contributed by atoms with Crippen molar-refractivity contribution in [3.05, 3.63) is 52.6 Å². The van der Waals surface area contributed by atoms with Gasteiger partial charge < -0.3 is 15.6 Å². The molecule has 0 atom stereocenters. The van der Waals surface area contributed by atoms with E-state index in [0.29, 0.717) is 40.4 Å². The van der Waals surface area contributed by atoms with Crippen molar-refractivity contribution in [2.45, 2.75) is 27.2 Å². The summed E-state index contributed by atoms with van der Waals surface area (Å²) in [4.78, 5) is 28.5. The second kappa shape index (κ2) is 8.54. The average molecular weight is 496 g/mol. The van der Waals surface area contributed by atoms with Gasteiger partial charge in [-0.2, -0.15) is 5.21 Å². The van der Waals surface area contributed by atoms with Crippen molar-refractivity contribution in [3.63, 3.8) is 0 Å². The number of hydrogen-bond acceptors (Lipinski definition) is 5. The van der Waals surface area contributed by atoms with Gasteiger partial charge in [0.25, 0.3) is 5.91 Å². The quantitative estimate of drug-likeness (QED) is 0.317. The molecule has 2 heterocycles. The molecule has 0 fully saturated rings. The van der Waals surface area contributed by atoms with Crippen LogP contribution in [0.1, 0.15) is 37.7 Å². The van der Waals surface area contributed by atoms with E-state index in [1.807, 2.05) is 45.0 Å². The fraction of sp³-hybridized carbons (Fsp3) is 0.227. The zero-order valence-electron chi connectivity index (χ0n) is 17.8. The fourth-order valence-electron chi connectivity index (χ4n) is 3.33. The van der Waals surface area contributed by atoms with Gasteiger partial charge in [0.1, 0.15) is 5.69 Å². The summed E-state index contributed by atoms with van der Waals surface area (Å²) in [7, 11) is 0. The second-order valence-corrected chi connectivity index (χ2v) is 9.53. The number of hydrogen-bond donors (Lipinski definition) is 4. The lowest BCUT2D eigenvalue weighted by molar-refractivity contribution is -0.117. The van der Waals surface area contributed by atoms with Gasteiger partial charge in [-0.05, 0) is 41.0 Å². The monoisotopic (exact) mass is 495 g/mol. The predicted octanol–water partition coefficient (Wildman–Crippen LogP) is 4.74. The van der Waals surface area contributed by atoms with E-state index in [-0.39, 0.29) is 17.2 Å². The van der Waals surface area contributed by atoms with Crippen LogP contribution in [-0.4, -0.2) is 37.4 Å². The molecule has 0 aliphatic carbocycles. The van der Waals surface area contributed by atoms with Gasteiger partial charge in [-0.15, -0.1) is 10.2 Å². The smallest absolute Gasteiger partial charge is 0.272 e. The van der Waals surface area contributed by atoms with E-state index in [1.165, 1.54) is 0 Å². The van der Waals surface area contributed by atoms with Crippen molar-refractivity contribution < 1.29 is 9.59 Å². The van der Waals surface area contributed by atoms with Crippen LogP contribution in [0, 0.1) is 5.41 Å². The van der Waals surface area contributed by atoms with Gasteiger partial charge in [-0.25, -0.2) is 0 Å². The Morgan fingerprint density at radius 1 is 1.06 bits per heavy atom. The summed E-state index contributed by atoms with van der Waals surface area (Å²) in [6.07, 6.45) is 0.389. The molecular formula is C22H22BrN7O2. The van der Waals surface area contributed by atoms with Crippen molar-refractivity contribution in [2.24, 2.45) is 5.41 Å². The Morgan fingerprint density at radius 3 is 2.59 bits per heavy atom. The van der Waals surface area contributed by atoms with Gasteiger partial charge in [-0.3, -0.25) is 9.59 Å². The van der Waals surface area contributed by atoms with Crippen LogP contribution in [0.5, 0.6) is 0 Å². The number of H-pyrrole nitrogens is 2. The first-order chi connectivity index (χ1) is 15.2. The van der Waals surface area contributed by atoms with E-state index in [0.717, 1.165) is 9.86 Å². The SMILES string of the molecule is CC(C)(C)CC(=O)Nc1cccc2cc(C(=O)Nc3ccc(Br)cc3-c3nn[nH]n3)[nH]c12. The molecule has 2 aromatic carbocycles. The summed E-state index contributed by atoms with van der Waals surface area (Å²) in [5, 5.41) is 20.7. The maximum atomic E-state index is 13.0. The molecule has 9 nitrogen and oxygen atoms in total. The van der Waals surface area contributed by atoms with Crippen LogP contribution in [0.15, 0.2) is 46.9 Å². The molecule has 4 N–H and O–H groups in total. The second-order valence-electron chi connectivity index (χ2n) is 8.62. The third kappa shape index (κ3) is 4.86. The summed E-state index contributed by atoms with van der Waals surface area (Å²) < 4.78 is 0.816. The Bertz CT molecular complexity index is 1290. The van der Waals surface area contributed by atoms with E-state index < -0.39 is 0 Å². The zero-order valence-corrected chi connectivity index (χ0v) is 19.4. The molecule has 2 amide bonds. The summed E-state index contributed by atoms with van der Waals surface area (Å²) in [5.74, 6) is -0.0486. The van der Waals surface area contributed by atoms with Crippen molar-refractivity contribution in [1.29, 1.82) is 0 Å². The van der Waals surface area contributed by atoms with Gasteiger partial charge in [0.05, 0.1) is 16.9 Å². The maximum absolute atomic E-state index is 13.0. The summed E-state index contributed by atoms with van der Waals surface area (Å²) in [6.45, 7) is 6.03. The molecule has 10 heteroatoms. The van der Waals surface area contributed by atoms with Gasteiger partial charge >= 0.3 is 0 Å². The van der Waals surface area contributed by atoms with Crippen molar-refractivity contribution >= 4 is 50.0 Å². The van der Waals surface area contributed by atoms with Gasteiger partial charge in [0.15, 0.2) is 0 Å². The number of aromatic nitrogens is 5. The highest BCUT2D eigenvalue weighted by atomic mass is 79.9. The highest BCUT2D eigenvalue weighted by Gasteiger charge is 2.19. The number of para-hydroxylation sites is 1. The fourth-order valence-corrected chi connectivity index (χ4v) is 3.70. The molecule has 32 heavy (non-hydrogen) atoms. The largest absolute Gasteiger partial charge is 0.349 e. The van der Waals surface area contributed by atoms with Crippen LogP contribution in [-0.2, 0) is 4.79 Å². The molecule has 0 aliphatic heterocycles. The van der Waals surface area contributed by atoms with E-state index >= 15 is 0 Å². The molecule has 0 aliphatic rings. The number of fused-ring (bicyclic) bond motifs is 1. The predicted molar refractivity (Wildman–Crippen MR) is 126 cm³/mol. The Hall–Kier alpha value is -3.53. The van der Waals surface area contributed by atoms with Crippen LogP contribution >= 0.6 is 15.9 Å². The van der Waals surface area contributed by atoms with Crippen molar-refractivity contribution in [3.8, 4) is 11.4 Å². The van der Waals surface area contributed by atoms with Crippen LogP contribution < -0.4 is 10.6 Å². The molecule has 0 spiro atoms. The normalized spacial score (nSPS) is 11.5. The Labute approximate surface area is 192 Å². The summed E-state index contributed by atoms with van der Waals surface area (Å²) >= 11 is 3.42. The minimum atomic E-state index is -0.333. The Balaban J connectivity index is 1.60. The minimum Gasteiger partial charge on any atom is -0.349 e. The first-order valence-electron chi connectivity index (χ1n) is 9.96.